The van der Waals surface area contributed by atoms with Crippen molar-refractivity contribution in [2.45, 2.75) is 44.7 Å². The Morgan fingerprint density at radius 2 is 1.82 bits per heavy atom. The molecule has 5 rings (SSSR count). The normalized spacial score (nSPS) is 18.4. The molecule has 1 saturated heterocycles. The number of benzene rings is 1. The molecule has 3 heterocycles. The van der Waals surface area contributed by atoms with Crippen LogP contribution in [-0.4, -0.2) is 30.6 Å². The van der Waals surface area contributed by atoms with Gasteiger partial charge >= 0.3 is 0 Å². The van der Waals surface area contributed by atoms with E-state index in [9.17, 15) is 9.59 Å². The summed E-state index contributed by atoms with van der Waals surface area (Å²) in [6, 6.07) is 15.5. The van der Waals surface area contributed by atoms with Crippen LogP contribution in [0.15, 0.2) is 64.4 Å². The lowest BCUT2D eigenvalue weighted by atomic mass is 9.95. The molecule has 0 radical (unpaired) electrons. The van der Waals surface area contributed by atoms with E-state index >= 15 is 0 Å². The third-order valence-corrected chi connectivity index (χ3v) is 7.43. The first kappa shape index (κ1) is 21.9. The molecule has 1 saturated carbocycles. The van der Waals surface area contributed by atoms with Crippen LogP contribution < -0.4 is 10.9 Å². The minimum atomic E-state index is -0.202. The Kier molecular flexibility index (Phi) is 6.28. The molecule has 0 spiro atoms. The van der Waals surface area contributed by atoms with Gasteiger partial charge in [-0.25, -0.2) is 4.98 Å². The van der Waals surface area contributed by atoms with Crippen LogP contribution in [0.2, 0.25) is 0 Å². The highest BCUT2D eigenvalue weighted by molar-refractivity contribution is 8.26. The van der Waals surface area contributed by atoms with Gasteiger partial charge in [-0.05, 0) is 36.6 Å². The Bertz CT molecular complexity index is 1300. The lowest BCUT2D eigenvalue weighted by Crippen LogP contribution is -2.28. The summed E-state index contributed by atoms with van der Waals surface area (Å²) in [5.41, 5.74) is 1.77. The highest BCUT2D eigenvalue weighted by Crippen LogP contribution is 2.34. The van der Waals surface area contributed by atoms with Crippen LogP contribution in [0, 0.1) is 0 Å². The fraction of sp³-hybridized carbons (Fsp3) is 0.280. The van der Waals surface area contributed by atoms with E-state index in [0.29, 0.717) is 32.8 Å². The van der Waals surface area contributed by atoms with Crippen molar-refractivity contribution in [2.75, 3.05) is 5.32 Å². The van der Waals surface area contributed by atoms with Gasteiger partial charge in [0, 0.05) is 12.2 Å². The molecule has 33 heavy (non-hydrogen) atoms. The maximum Gasteiger partial charge on any atom is 0.267 e. The summed E-state index contributed by atoms with van der Waals surface area (Å²) in [6.45, 7) is 0.408. The Morgan fingerprint density at radius 1 is 1.06 bits per heavy atom. The van der Waals surface area contributed by atoms with E-state index in [2.05, 4.69) is 5.32 Å². The number of nitrogens with one attached hydrogen (secondary N) is 1. The predicted octanol–water partition coefficient (Wildman–Crippen LogP) is 4.84. The van der Waals surface area contributed by atoms with Crippen LogP contribution in [0.1, 0.15) is 43.2 Å². The van der Waals surface area contributed by atoms with Gasteiger partial charge in [0.1, 0.15) is 15.8 Å². The molecular weight excluding hydrogens is 452 g/mol. The van der Waals surface area contributed by atoms with Gasteiger partial charge < -0.3 is 5.32 Å². The minimum absolute atomic E-state index is 0.185. The number of hydrogen-bond donors (Lipinski definition) is 1. The minimum Gasteiger partial charge on any atom is -0.367 e. The van der Waals surface area contributed by atoms with E-state index < -0.39 is 0 Å². The van der Waals surface area contributed by atoms with Crippen molar-refractivity contribution in [3.05, 3.63) is 81.1 Å². The molecule has 168 valence electrons. The molecule has 2 aromatic heterocycles. The highest BCUT2D eigenvalue weighted by Gasteiger charge is 2.32. The average Bonchev–Trinajstić information content (AvgIpc) is 3.10. The lowest BCUT2D eigenvalue weighted by molar-refractivity contribution is -0.122. The second-order valence-electron chi connectivity index (χ2n) is 8.34. The Morgan fingerprint density at radius 3 is 2.61 bits per heavy atom. The van der Waals surface area contributed by atoms with Gasteiger partial charge in [0.05, 0.1) is 17.0 Å². The number of thiocarbonyl (C=S) groups is 1. The van der Waals surface area contributed by atoms with Crippen LogP contribution in [0.4, 0.5) is 5.82 Å². The third kappa shape index (κ3) is 4.58. The summed E-state index contributed by atoms with van der Waals surface area (Å²) < 4.78 is 2.01. The molecule has 2 aliphatic rings. The molecule has 1 amide bonds. The first-order valence-corrected chi connectivity index (χ1v) is 12.4. The van der Waals surface area contributed by atoms with Gasteiger partial charge in [-0.15, -0.1) is 0 Å². The quantitative estimate of drug-likeness (QED) is 0.420. The van der Waals surface area contributed by atoms with E-state index in [1.807, 2.05) is 42.5 Å². The zero-order valence-corrected chi connectivity index (χ0v) is 19.7. The molecule has 3 aromatic rings. The van der Waals surface area contributed by atoms with Gasteiger partial charge in [0.25, 0.3) is 11.5 Å². The van der Waals surface area contributed by atoms with Crippen molar-refractivity contribution < 1.29 is 4.79 Å². The number of fused-ring (bicyclic) bond motifs is 1. The van der Waals surface area contributed by atoms with E-state index in [-0.39, 0.29) is 17.5 Å². The van der Waals surface area contributed by atoms with Gasteiger partial charge in [0.2, 0.25) is 0 Å². The standard InChI is InChI=1S/C25H24N4O2S2/c30-23-19(15-20-24(31)29(25(32)33-20)16-17-9-3-1-4-10-17)22(26-18-11-5-2-6-12-18)27-21-13-7-8-14-28(21)23/h1,3-4,7-10,13-15,18,26H,2,5-6,11-12,16H2/b20-15+. The summed E-state index contributed by atoms with van der Waals surface area (Å²) in [6.07, 6.45) is 9.03. The number of amides is 1. The lowest BCUT2D eigenvalue weighted by Gasteiger charge is -2.24. The average molecular weight is 477 g/mol. The third-order valence-electron chi connectivity index (χ3n) is 6.05. The van der Waals surface area contributed by atoms with Crippen LogP contribution >= 0.6 is 24.0 Å². The molecule has 1 aliphatic heterocycles. The molecular formula is C25H24N4O2S2. The number of aromatic nitrogens is 2. The fourth-order valence-electron chi connectivity index (χ4n) is 4.32. The molecule has 1 aromatic carbocycles. The largest absolute Gasteiger partial charge is 0.367 e. The smallest absolute Gasteiger partial charge is 0.267 e. The van der Waals surface area contributed by atoms with Crippen LogP contribution in [0.3, 0.4) is 0 Å². The van der Waals surface area contributed by atoms with E-state index in [4.69, 9.17) is 17.2 Å². The number of nitrogens with zero attached hydrogens (tertiary/aromatic N) is 3. The Labute approximate surface area is 201 Å². The number of thioether (sulfide) groups is 1. The zero-order chi connectivity index (χ0) is 22.8. The Balaban J connectivity index is 1.52. The first-order valence-electron chi connectivity index (χ1n) is 11.2. The van der Waals surface area contributed by atoms with Gasteiger partial charge in [-0.3, -0.25) is 18.9 Å². The van der Waals surface area contributed by atoms with Crippen molar-refractivity contribution in [1.29, 1.82) is 0 Å². The molecule has 2 fully saturated rings. The summed E-state index contributed by atoms with van der Waals surface area (Å²) in [5, 5.41) is 3.50. The molecule has 1 N–H and O–H groups in total. The summed E-state index contributed by atoms with van der Waals surface area (Å²) >= 11 is 6.73. The maximum atomic E-state index is 13.4. The van der Waals surface area contributed by atoms with Gasteiger partial charge in [-0.1, -0.05) is 79.6 Å². The van der Waals surface area contributed by atoms with Crippen molar-refractivity contribution in [1.82, 2.24) is 14.3 Å². The summed E-state index contributed by atoms with van der Waals surface area (Å²) in [5.74, 6) is 0.349. The van der Waals surface area contributed by atoms with E-state index in [1.54, 1.807) is 23.2 Å². The van der Waals surface area contributed by atoms with Crippen LogP contribution in [0.25, 0.3) is 11.7 Å². The summed E-state index contributed by atoms with van der Waals surface area (Å²) in [7, 11) is 0. The number of anilines is 1. The number of carbonyl (C=O) groups is 1. The van der Waals surface area contributed by atoms with Gasteiger partial charge in [0.15, 0.2) is 0 Å². The number of carbonyl (C=O) groups excluding carboxylic acids is 1. The molecule has 0 atom stereocenters. The predicted molar refractivity (Wildman–Crippen MR) is 137 cm³/mol. The van der Waals surface area contributed by atoms with Gasteiger partial charge in [-0.2, -0.15) is 0 Å². The SMILES string of the molecule is O=C1/C(=C\c2c(NC3CCCCC3)nc3ccccn3c2=O)SC(=S)N1Cc1ccccc1. The highest BCUT2D eigenvalue weighted by atomic mass is 32.2. The number of pyridine rings is 1. The maximum absolute atomic E-state index is 13.4. The van der Waals surface area contributed by atoms with Crippen molar-refractivity contribution in [2.24, 2.45) is 0 Å². The van der Waals surface area contributed by atoms with E-state index in [1.165, 1.54) is 22.6 Å². The van der Waals surface area contributed by atoms with Crippen molar-refractivity contribution in [3.8, 4) is 0 Å². The van der Waals surface area contributed by atoms with Crippen molar-refractivity contribution in [3.63, 3.8) is 0 Å². The zero-order valence-electron chi connectivity index (χ0n) is 18.1. The molecule has 0 bridgehead atoms. The first-order chi connectivity index (χ1) is 16.1. The van der Waals surface area contributed by atoms with Crippen LogP contribution in [-0.2, 0) is 11.3 Å². The van der Waals surface area contributed by atoms with E-state index in [0.717, 1.165) is 31.2 Å². The number of rotatable bonds is 5. The topological polar surface area (TPSA) is 66.7 Å². The fourth-order valence-corrected chi connectivity index (χ4v) is 5.55. The summed E-state index contributed by atoms with van der Waals surface area (Å²) in [4.78, 5) is 33.4. The molecule has 1 aliphatic carbocycles. The molecule has 8 heteroatoms. The molecule has 0 unspecified atom stereocenters. The number of hydrogen-bond acceptors (Lipinski definition) is 6. The van der Waals surface area contributed by atoms with Crippen molar-refractivity contribution >= 4 is 51.7 Å². The van der Waals surface area contributed by atoms with Crippen LogP contribution in [0.5, 0.6) is 0 Å². The second kappa shape index (κ2) is 9.49. The molecule has 6 nitrogen and oxygen atoms in total. The second-order valence-corrected chi connectivity index (χ2v) is 10.0. The Hall–Kier alpha value is -2.97. The monoisotopic (exact) mass is 476 g/mol.